The Morgan fingerprint density at radius 2 is 1.71 bits per heavy atom. The summed E-state index contributed by atoms with van der Waals surface area (Å²) in [5.41, 5.74) is -0.656. The molecule has 0 atom stereocenters. The second kappa shape index (κ2) is 3.33. The molecule has 1 aromatic carbocycles. The van der Waals surface area contributed by atoms with E-state index in [1.54, 1.807) is 0 Å². The molecule has 0 bridgehead atoms. The molecule has 0 aliphatic heterocycles. The Hall–Kier alpha value is -2.11. The first-order valence-electron chi connectivity index (χ1n) is 3.42. The van der Waals surface area contributed by atoms with Crippen molar-refractivity contribution in [3.63, 3.8) is 0 Å². The van der Waals surface area contributed by atoms with Crippen molar-refractivity contribution in [3.05, 3.63) is 23.5 Å². The molecule has 0 saturated heterocycles. The summed E-state index contributed by atoms with van der Waals surface area (Å²) in [7, 11) is 0. The molecule has 6 heteroatoms. The monoisotopic (exact) mass is 200 g/mol. The van der Waals surface area contributed by atoms with E-state index in [1.807, 2.05) is 0 Å². The van der Waals surface area contributed by atoms with Crippen LogP contribution < -0.4 is 0 Å². The van der Waals surface area contributed by atoms with Gasteiger partial charge in [-0.3, -0.25) is 4.79 Å². The zero-order chi connectivity index (χ0) is 10.9. The van der Waals surface area contributed by atoms with Gasteiger partial charge in [0.05, 0.1) is 5.56 Å². The van der Waals surface area contributed by atoms with Gasteiger partial charge in [0, 0.05) is 6.07 Å². The molecule has 0 aliphatic rings. The first-order chi connectivity index (χ1) is 6.43. The summed E-state index contributed by atoms with van der Waals surface area (Å²) in [6.45, 7) is 0. The van der Waals surface area contributed by atoms with Crippen LogP contribution in [0.3, 0.4) is 0 Å². The number of carbonyl (C=O) groups excluding carboxylic acids is 1. The maximum atomic E-state index is 12.6. The molecule has 14 heavy (non-hydrogen) atoms. The van der Waals surface area contributed by atoms with Gasteiger partial charge in [-0.25, -0.2) is 9.18 Å². The quantitative estimate of drug-likeness (QED) is 0.367. The molecule has 0 aromatic heterocycles. The summed E-state index contributed by atoms with van der Waals surface area (Å²) in [5, 5.41) is 26.1. The Balaban J connectivity index is 3.29. The van der Waals surface area contributed by atoms with E-state index < -0.39 is 34.6 Å². The highest BCUT2D eigenvalue weighted by atomic mass is 19.1. The van der Waals surface area contributed by atoms with Gasteiger partial charge in [0.2, 0.25) is 0 Å². The largest absolute Gasteiger partial charge is 0.507 e. The van der Waals surface area contributed by atoms with Crippen molar-refractivity contribution in [3.8, 4) is 11.5 Å². The van der Waals surface area contributed by atoms with E-state index in [9.17, 15) is 14.0 Å². The van der Waals surface area contributed by atoms with E-state index in [2.05, 4.69) is 0 Å². The van der Waals surface area contributed by atoms with E-state index in [4.69, 9.17) is 15.3 Å². The van der Waals surface area contributed by atoms with Gasteiger partial charge in [-0.2, -0.15) is 0 Å². The lowest BCUT2D eigenvalue weighted by atomic mass is 10.1. The number of halogens is 1. The number of ketones is 1. The van der Waals surface area contributed by atoms with Crippen LogP contribution in [-0.4, -0.2) is 27.1 Å². The van der Waals surface area contributed by atoms with Gasteiger partial charge in [-0.15, -0.1) is 0 Å². The molecule has 0 heterocycles. The van der Waals surface area contributed by atoms with Gasteiger partial charge >= 0.3 is 5.97 Å². The first-order valence-corrected chi connectivity index (χ1v) is 3.42. The topological polar surface area (TPSA) is 94.8 Å². The van der Waals surface area contributed by atoms with E-state index in [0.717, 1.165) is 0 Å². The van der Waals surface area contributed by atoms with E-state index in [1.165, 1.54) is 0 Å². The number of benzene rings is 1. The van der Waals surface area contributed by atoms with Crippen LogP contribution in [0.15, 0.2) is 12.1 Å². The lowest BCUT2D eigenvalue weighted by molar-refractivity contribution is -0.131. The SMILES string of the molecule is O=C(O)C(=O)c1cc(O)c(F)cc1O. The summed E-state index contributed by atoms with van der Waals surface area (Å²) in [6, 6.07) is 1.02. The fourth-order valence-corrected chi connectivity index (χ4v) is 0.848. The number of phenols is 2. The van der Waals surface area contributed by atoms with Crippen molar-refractivity contribution in [2.75, 3.05) is 0 Å². The van der Waals surface area contributed by atoms with Crippen molar-refractivity contribution < 1.29 is 29.3 Å². The third kappa shape index (κ3) is 1.63. The molecular weight excluding hydrogens is 195 g/mol. The Morgan fingerprint density at radius 3 is 2.21 bits per heavy atom. The third-order valence-electron chi connectivity index (χ3n) is 1.50. The minimum Gasteiger partial charge on any atom is -0.507 e. The number of aromatic hydroxyl groups is 2. The van der Waals surface area contributed by atoms with Gasteiger partial charge in [-0.05, 0) is 6.07 Å². The van der Waals surface area contributed by atoms with E-state index in [0.29, 0.717) is 12.1 Å². The number of hydrogen-bond acceptors (Lipinski definition) is 4. The number of phenolic OH excluding ortho intramolecular Hbond substituents is 2. The smallest absolute Gasteiger partial charge is 0.377 e. The van der Waals surface area contributed by atoms with Crippen LogP contribution in [0.25, 0.3) is 0 Å². The molecule has 0 spiro atoms. The number of aliphatic carboxylic acids is 1. The first kappa shape index (κ1) is 9.97. The molecule has 5 nitrogen and oxygen atoms in total. The predicted octanol–water partition coefficient (Wildman–Crippen LogP) is 0.504. The molecule has 0 fully saturated rings. The van der Waals surface area contributed by atoms with Crippen LogP contribution in [-0.2, 0) is 4.79 Å². The molecule has 0 saturated carbocycles. The molecule has 74 valence electrons. The number of hydrogen-bond donors (Lipinski definition) is 3. The lowest BCUT2D eigenvalue weighted by Gasteiger charge is -2.01. The van der Waals surface area contributed by atoms with Crippen LogP contribution in [0.5, 0.6) is 11.5 Å². The highest BCUT2D eigenvalue weighted by Gasteiger charge is 2.20. The number of Topliss-reactive ketones (excluding diaryl/α,β-unsaturated/α-hetero) is 1. The van der Waals surface area contributed by atoms with Crippen molar-refractivity contribution in [1.82, 2.24) is 0 Å². The lowest BCUT2D eigenvalue weighted by Crippen LogP contribution is -2.12. The molecule has 1 rings (SSSR count). The Labute approximate surface area is 77.0 Å². The summed E-state index contributed by atoms with van der Waals surface area (Å²) in [6.07, 6.45) is 0. The highest BCUT2D eigenvalue weighted by Crippen LogP contribution is 2.26. The van der Waals surface area contributed by atoms with E-state index in [-0.39, 0.29) is 0 Å². The van der Waals surface area contributed by atoms with Crippen LogP contribution >= 0.6 is 0 Å². The molecule has 0 amide bonds. The Morgan fingerprint density at radius 1 is 1.14 bits per heavy atom. The average molecular weight is 200 g/mol. The minimum atomic E-state index is -1.80. The third-order valence-corrected chi connectivity index (χ3v) is 1.50. The number of carbonyl (C=O) groups is 2. The predicted molar refractivity (Wildman–Crippen MR) is 41.7 cm³/mol. The number of rotatable bonds is 2. The minimum absolute atomic E-state index is 0.464. The number of carboxylic acid groups (broad SMARTS) is 1. The van der Waals surface area contributed by atoms with Crippen molar-refractivity contribution in [1.29, 1.82) is 0 Å². The fraction of sp³-hybridized carbons (Fsp3) is 0. The van der Waals surface area contributed by atoms with E-state index >= 15 is 0 Å². The summed E-state index contributed by atoms with van der Waals surface area (Å²) < 4.78 is 12.6. The molecular formula is C8H5FO5. The van der Waals surface area contributed by atoms with Crippen molar-refractivity contribution in [2.45, 2.75) is 0 Å². The fourth-order valence-electron chi connectivity index (χ4n) is 0.848. The number of carboxylic acids is 1. The molecule has 0 radical (unpaired) electrons. The molecule has 3 N–H and O–H groups in total. The van der Waals surface area contributed by atoms with Crippen LogP contribution in [0.4, 0.5) is 4.39 Å². The van der Waals surface area contributed by atoms with Gasteiger partial charge in [0.25, 0.3) is 5.78 Å². The van der Waals surface area contributed by atoms with Crippen LogP contribution in [0.2, 0.25) is 0 Å². The maximum Gasteiger partial charge on any atom is 0.377 e. The Kier molecular flexibility index (Phi) is 2.37. The van der Waals surface area contributed by atoms with Gasteiger partial charge in [0.15, 0.2) is 11.6 Å². The average Bonchev–Trinajstić information content (AvgIpc) is 2.10. The zero-order valence-electron chi connectivity index (χ0n) is 6.69. The molecule has 0 unspecified atom stereocenters. The van der Waals surface area contributed by atoms with Gasteiger partial charge in [0.1, 0.15) is 5.75 Å². The summed E-state index contributed by atoms with van der Waals surface area (Å²) in [4.78, 5) is 21.0. The summed E-state index contributed by atoms with van der Waals surface area (Å²) in [5.74, 6) is -6.08. The zero-order valence-corrected chi connectivity index (χ0v) is 6.69. The molecule has 1 aromatic rings. The Bertz CT molecular complexity index is 412. The van der Waals surface area contributed by atoms with Crippen molar-refractivity contribution >= 4 is 11.8 Å². The summed E-state index contributed by atoms with van der Waals surface area (Å²) >= 11 is 0. The highest BCUT2D eigenvalue weighted by molar-refractivity contribution is 6.40. The van der Waals surface area contributed by atoms with Crippen molar-refractivity contribution in [2.24, 2.45) is 0 Å². The van der Waals surface area contributed by atoms with Crippen LogP contribution in [0.1, 0.15) is 10.4 Å². The maximum absolute atomic E-state index is 12.6. The second-order valence-electron chi connectivity index (χ2n) is 2.46. The molecule has 0 aliphatic carbocycles. The van der Waals surface area contributed by atoms with Gasteiger partial charge in [-0.1, -0.05) is 0 Å². The second-order valence-corrected chi connectivity index (χ2v) is 2.46. The standard InChI is InChI=1S/C8H5FO5/c9-4-2-5(10)3(1-6(4)11)7(12)8(13)14/h1-2,10-11H,(H,13,14). The normalized spacial score (nSPS) is 9.79. The van der Waals surface area contributed by atoms with Crippen LogP contribution in [0, 0.1) is 5.82 Å². The van der Waals surface area contributed by atoms with Gasteiger partial charge < -0.3 is 15.3 Å².